The van der Waals surface area contributed by atoms with Gasteiger partial charge in [-0.05, 0) is 25.0 Å². The molecule has 2 N–H and O–H groups in total. The van der Waals surface area contributed by atoms with E-state index in [9.17, 15) is 4.39 Å². The average molecular weight is 228 g/mol. The van der Waals surface area contributed by atoms with Crippen molar-refractivity contribution in [3.63, 3.8) is 0 Å². The average Bonchev–Trinajstić information content (AvgIpc) is 2.67. The molecule has 1 aromatic carbocycles. The minimum Gasteiger partial charge on any atom is -0.330 e. The minimum atomic E-state index is -0.220. The molecule has 0 spiro atoms. The quantitative estimate of drug-likeness (QED) is 0.825. The summed E-state index contributed by atoms with van der Waals surface area (Å²) in [5.74, 6) is -0.213. The van der Waals surface area contributed by atoms with Crippen molar-refractivity contribution in [2.45, 2.75) is 31.1 Å². The second-order valence-electron chi connectivity index (χ2n) is 4.29. The molecule has 82 valence electrons. The van der Waals surface area contributed by atoms with E-state index in [0.717, 1.165) is 25.7 Å². The van der Waals surface area contributed by atoms with Crippen LogP contribution in [0.3, 0.4) is 0 Å². The zero-order valence-electron chi connectivity index (χ0n) is 8.60. The molecule has 0 aliphatic heterocycles. The predicted molar refractivity (Wildman–Crippen MR) is 60.6 cm³/mol. The summed E-state index contributed by atoms with van der Waals surface area (Å²) >= 11 is 6.08. The van der Waals surface area contributed by atoms with Gasteiger partial charge < -0.3 is 5.73 Å². The number of hydrogen-bond donors (Lipinski definition) is 1. The van der Waals surface area contributed by atoms with Crippen LogP contribution >= 0.6 is 11.6 Å². The first-order valence-electron chi connectivity index (χ1n) is 5.34. The lowest BCUT2D eigenvalue weighted by atomic mass is 9.78. The Morgan fingerprint density at radius 2 is 2.00 bits per heavy atom. The van der Waals surface area contributed by atoms with Gasteiger partial charge in [-0.1, -0.05) is 30.5 Å². The number of benzene rings is 1. The van der Waals surface area contributed by atoms with Crippen LogP contribution in [0.1, 0.15) is 31.2 Å². The van der Waals surface area contributed by atoms with Crippen LogP contribution in [-0.4, -0.2) is 6.54 Å². The van der Waals surface area contributed by atoms with Crippen LogP contribution in [0, 0.1) is 5.82 Å². The molecule has 0 radical (unpaired) electrons. The maximum absolute atomic E-state index is 13.8. The van der Waals surface area contributed by atoms with Gasteiger partial charge in [0.25, 0.3) is 0 Å². The van der Waals surface area contributed by atoms with Crippen molar-refractivity contribution in [3.8, 4) is 0 Å². The molecule has 0 atom stereocenters. The summed E-state index contributed by atoms with van der Waals surface area (Å²) in [4.78, 5) is 0. The Hall–Kier alpha value is -0.600. The van der Waals surface area contributed by atoms with Crippen molar-refractivity contribution in [1.29, 1.82) is 0 Å². The number of nitrogens with two attached hydrogens (primary N) is 1. The van der Waals surface area contributed by atoms with E-state index in [-0.39, 0.29) is 11.2 Å². The number of halogens is 2. The Balaban J connectivity index is 2.51. The SMILES string of the molecule is NCC1(c2c(F)cccc2Cl)CCCC1. The van der Waals surface area contributed by atoms with Crippen LogP contribution < -0.4 is 5.73 Å². The standard InChI is InChI=1S/C12H15ClFN/c13-9-4-3-5-10(14)11(9)12(8-15)6-1-2-7-12/h3-5H,1-2,6-8,15H2. The molecule has 0 saturated heterocycles. The van der Waals surface area contributed by atoms with Crippen molar-refractivity contribution < 1.29 is 4.39 Å². The molecule has 0 bridgehead atoms. The molecular formula is C12H15ClFN. The fraction of sp³-hybridized carbons (Fsp3) is 0.500. The first-order valence-corrected chi connectivity index (χ1v) is 5.72. The highest BCUT2D eigenvalue weighted by atomic mass is 35.5. The van der Waals surface area contributed by atoms with Crippen LogP contribution in [0.4, 0.5) is 4.39 Å². The van der Waals surface area contributed by atoms with Gasteiger partial charge in [0.2, 0.25) is 0 Å². The molecule has 1 aliphatic carbocycles. The van der Waals surface area contributed by atoms with Crippen molar-refractivity contribution in [2.24, 2.45) is 5.73 Å². The Morgan fingerprint density at radius 3 is 2.53 bits per heavy atom. The predicted octanol–water partition coefficient (Wildman–Crippen LogP) is 3.25. The Morgan fingerprint density at radius 1 is 1.33 bits per heavy atom. The van der Waals surface area contributed by atoms with E-state index >= 15 is 0 Å². The first kappa shape index (κ1) is 10.9. The normalized spacial score (nSPS) is 19.4. The van der Waals surface area contributed by atoms with E-state index in [2.05, 4.69) is 0 Å². The topological polar surface area (TPSA) is 26.0 Å². The largest absolute Gasteiger partial charge is 0.330 e. The summed E-state index contributed by atoms with van der Waals surface area (Å²) in [6.07, 6.45) is 4.12. The molecule has 0 heterocycles. The molecule has 0 amide bonds. The van der Waals surface area contributed by atoms with E-state index < -0.39 is 0 Å². The molecular weight excluding hydrogens is 213 g/mol. The maximum atomic E-state index is 13.8. The third-order valence-corrected chi connectivity index (χ3v) is 3.76. The second-order valence-corrected chi connectivity index (χ2v) is 4.70. The highest BCUT2D eigenvalue weighted by molar-refractivity contribution is 6.31. The number of hydrogen-bond acceptors (Lipinski definition) is 1. The monoisotopic (exact) mass is 227 g/mol. The summed E-state index contributed by atoms with van der Waals surface area (Å²) in [6, 6.07) is 4.85. The molecule has 1 fully saturated rings. The molecule has 1 nitrogen and oxygen atoms in total. The van der Waals surface area contributed by atoms with Gasteiger partial charge in [-0.25, -0.2) is 4.39 Å². The van der Waals surface area contributed by atoms with Crippen LogP contribution in [-0.2, 0) is 5.41 Å². The van der Waals surface area contributed by atoms with E-state index in [1.165, 1.54) is 6.07 Å². The second kappa shape index (κ2) is 4.11. The van der Waals surface area contributed by atoms with Crippen molar-refractivity contribution >= 4 is 11.6 Å². The molecule has 0 aromatic heterocycles. The van der Waals surface area contributed by atoms with E-state index in [1.54, 1.807) is 12.1 Å². The smallest absolute Gasteiger partial charge is 0.128 e. The maximum Gasteiger partial charge on any atom is 0.128 e. The zero-order valence-corrected chi connectivity index (χ0v) is 9.36. The lowest BCUT2D eigenvalue weighted by molar-refractivity contribution is 0.427. The van der Waals surface area contributed by atoms with Crippen LogP contribution in [0.5, 0.6) is 0 Å². The van der Waals surface area contributed by atoms with Gasteiger partial charge >= 0.3 is 0 Å². The highest BCUT2D eigenvalue weighted by Crippen LogP contribution is 2.44. The van der Waals surface area contributed by atoms with E-state index in [1.807, 2.05) is 0 Å². The van der Waals surface area contributed by atoms with Gasteiger partial charge in [0.05, 0.1) is 0 Å². The van der Waals surface area contributed by atoms with E-state index in [0.29, 0.717) is 17.1 Å². The molecule has 2 rings (SSSR count). The molecule has 1 aromatic rings. The van der Waals surface area contributed by atoms with Gasteiger partial charge in [-0.3, -0.25) is 0 Å². The van der Waals surface area contributed by atoms with Crippen molar-refractivity contribution in [2.75, 3.05) is 6.54 Å². The van der Waals surface area contributed by atoms with Gasteiger partial charge in [-0.15, -0.1) is 0 Å². The molecule has 0 unspecified atom stereocenters. The van der Waals surface area contributed by atoms with E-state index in [4.69, 9.17) is 17.3 Å². The molecule has 3 heteroatoms. The minimum absolute atomic E-state index is 0.213. The van der Waals surface area contributed by atoms with Crippen LogP contribution in [0.15, 0.2) is 18.2 Å². The Labute approximate surface area is 94.4 Å². The fourth-order valence-electron chi connectivity index (χ4n) is 2.61. The molecule has 1 aliphatic rings. The molecule has 15 heavy (non-hydrogen) atoms. The highest BCUT2D eigenvalue weighted by Gasteiger charge is 2.37. The van der Waals surface area contributed by atoms with Gasteiger partial charge in [0.15, 0.2) is 0 Å². The van der Waals surface area contributed by atoms with Gasteiger partial charge in [0, 0.05) is 22.5 Å². The third-order valence-electron chi connectivity index (χ3n) is 3.44. The first-order chi connectivity index (χ1) is 7.19. The summed E-state index contributed by atoms with van der Waals surface area (Å²) in [5.41, 5.74) is 6.22. The van der Waals surface area contributed by atoms with Gasteiger partial charge in [-0.2, -0.15) is 0 Å². The molecule has 1 saturated carbocycles. The lowest BCUT2D eigenvalue weighted by Gasteiger charge is -2.29. The number of rotatable bonds is 2. The van der Waals surface area contributed by atoms with Crippen LogP contribution in [0.2, 0.25) is 5.02 Å². The zero-order chi connectivity index (χ0) is 10.9. The summed E-state index contributed by atoms with van der Waals surface area (Å²) in [7, 11) is 0. The lowest BCUT2D eigenvalue weighted by Crippen LogP contribution is -2.33. The Kier molecular flexibility index (Phi) is 2.98. The Bertz CT molecular complexity index is 338. The fourth-order valence-corrected chi connectivity index (χ4v) is 2.98. The summed E-state index contributed by atoms with van der Waals surface area (Å²) < 4.78 is 13.8. The third kappa shape index (κ3) is 1.77. The summed E-state index contributed by atoms with van der Waals surface area (Å²) in [5, 5.41) is 0.516. The van der Waals surface area contributed by atoms with Crippen molar-refractivity contribution in [3.05, 3.63) is 34.6 Å². The van der Waals surface area contributed by atoms with Gasteiger partial charge in [0.1, 0.15) is 5.82 Å². The van der Waals surface area contributed by atoms with Crippen LogP contribution in [0.25, 0.3) is 0 Å². The van der Waals surface area contributed by atoms with Crippen molar-refractivity contribution in [1.82, 2.24) is 0 Å². The summed E-state index contributed by atoms with van der Waals surface area (Å²) in [6.45, 7) is 0.480.